The molecule has 25 heavy (non-hydrogen) atoms. The van der Waals surface area contributed by atoms with Gasteiger partial charge in [-0.3, -0.25) is 9.36 Å². The summed E-state index contributed by atoms with van der Waals surface area (Å²) in [7, 11) is 0. The molecule has 0 saturated carbocycles. The number of rotatable bonds is 6. The third kappa shape index (κ3) is 4.65. The van der Waals surface area contributed by atoms with Crippen molar-refractivity contribution >= 4 is 29.3 Å². The van der Waals surface area contributed by atoms with Crippen LogP contribution >= 0.6 is 23.4 Å². The van der Waals surface area contributed by atoms with Crippen molar-refractivity contribution < 1.29 is 4.79 Å². The van der Waals surface area contributed by atoms with Crippen molar-refractivity contribution in [1.29, 1.82) is 0 Å². The summed E-state index contributed by atoms with van der Waals surface area (Å²) >= 11 is 7.37. The lowest BCUT2D eigenvalue weighted by Gasteiger charge is -2.13. The fraction of sp³-hybridized carbons (Fsp3) is 0.158. The van der Waals surface area contributed by atoms with Crippen LogP contribution in [0.15, 0.2) is 72.1 Å². The molecule has 0 radical (unpaired) electrons. The normalized spacial score (nSPS) is 11.9. The van der Waals surface area contributed by atoms with Crippen LogP contribution in [0.5, 0.6) is 0 Å². The van der Waals surface area contributed by atoms with E-state index in [4.69, 9.17) is 11.6 Å². The third-order valence-electron chi connectivity index (χ3n) is 3.67. The van der Waals surface area contributed by atoms with Crippen LogP contribution in [0.25, 0.3) is 5.69 Å². The molecule has 0 aliphatic carbocycles. The molecule has 1 heterocycles. The Morgan fingerprint density at radius 1 is 1.20 bits per heavy atom. The Morgan fingerprint density at radius 3 is 2.64 bits per heavy atom. The summed E-state index contributed by atoms with van der Waals surface area (Å²) in [6, 6.07) is 17.4. The summed E-state index contributed by atoms with van der Waals surface area (Å²) in [5, 5.41) is 4.17. The van der Waals surface area contributed by atoms with Gasteiger partial charge in [-0.2, -0.15) is 0 Å². The van der Waals surface area contributed by atoms with Gasteiger partial charge in [0, 0.05) is 29.6 Å². The van der Waals surface area contributed by atoms with Crippen molar-refractivity contribution in [2.45, 2.75) is 23.9 Å². The molecule has 1 N–H and O–H groups in total. The van der Waals surface area contributed by atoms with Crippen LogP contribution in [0.3, 0.4) is 0 Å². The molecule has 0 aliphatic rings. The monoisotopic (exact) mass is 371 g/mol. The molecule has 4 nitrogen and oxygen atoms in total. The summed E-state index contributed by atoms with van der Waals surface area (Å²) in [6.45, 7) is 2.40. The van der Waals surface area contributed by atoms with E-state index < -0.39 is 0 Å². The van der Waals surface area contributed by atoms with Crippen molar-refractivity contribution in [2.24, 2.45) is 0 Å². The molecule has 6 heteroatoms. The van der Waals surface area contributed by atoms with E-state index in [0.717, 1.165) is 16.4 Å². The predicted molar refractivity (Wildman–Crippen MR) is 102 cm³/mol. The average Bonchev–Trinajstić information content (AvgIpc) is 3.09. The zero-order valence-electron chi connectivity index (χ0n) is 13.7. The van der Waals surface area contributed by atoms with Gasteiger partial charge in [-0.15, -0.1) is 0 Å². The molecule has 1 atom stereocenters. The number of imidazole rings is 1. The number of amides is 1. The van der Waals surface area contributed by atoms with E-state index in [-0.39, 0.29) is 11.2 Å². The Kier molecular flexibility index (Phi) is 5.79. The maximum Gasteiger partial charge on any atom is 0.233 e. The third-order valence-corrected chi connectivity index (χ3v) is 5.01. The van der Waals surface area contributed by atoms with Gasteiger partial charge in [0.2, 0.25) is 5.91 Å². The van der Waals surface area contributed by atoms with E-state index in [2.05, 4.69) is 10.3 Å². The number of carbonyl (C=O) groups excluding carboxylic acids is 1. The van der Waals surface area contributed by atoms with Crippen LogP contribution < -0.4 is 5.32 Å². The molecule has 1 unspecified atom stereocenters. The van der Waals surface area contributed by atoms with Crippen LogP contribution in [0.2, 0.25) is 5.02 Å². The molecule has 0 saturated heterocycles. The van der Waals surface area contributed by atoms with Crippen molar-refractivity contribution in [2.75, 3.05) is 0 Å². The number of thioether (sulfide) groups is 1. The van der Waals surface area contributed by atoms with Crippen molar-refractivity contribution in [3.63, 3.8) is 0 Å². The Balaban J connectivity index is 1.63. The molecule has 0 spiro atoms. The van der Waals surface area contributed by atoms with Gasteiger partial charge < -0.3 is 5.32 Å². The first-order valence-electron chi connectivity index (χ1n) is 7.91. The van der Waals surface area contributed by atoms with Crippen LogP contribution in [0.4, 0.5) is 0 Å². The summed E-state index contributed by atoms with van der Waals surface area (Å²) in [5.41, 5.74) is 2.04. The molecule has 3 aromatic rings. The number of halogens is 1. The van der Waals surface area contributed by atoms with E-state index in [1.54, 1.807) is 6.20 Å². The second kappa shape index (κ2) is 8.23. The molecule has 0 fully saturated rings. The Morgan fingerprint density at radius 2 is 1.92 bits per heavy atom. The number of aromatic nitrogens is 2. The van der Waals surface area contributed by atoms with Crippen LogP contribution in [-0.4, -0.2) is 20.7 Å². The lowest BCUT2D eigenvalue weighted by molar-refractivity contribution is -0.120. The Labute approximate surface area is 156 Å². The van der Waals surface area contributed by atoms with Crippen molar-refractivity contribution in [3.05, 3.63) is 77.6 Å². The molecule has 2 aromatic carbocycles. The average molecular weight is 372 g/mol. The van der Waals surface area contributed by atoms with E-state index in [1.165, 1.54) is 11.8 Å². The lowest BCUT2D eigenvalue weighted by Crippen LogP contribution is -2.30. The quantitative estimate of drug-likeness (QED) is 0.656. The first-order valence-corrected chi connectivity index (χ1v) is 9.17. The molecule has 1 aromatic heterocycles. The maximum atomic E-state index is 12.3. The molecule has 0 bridgehead atoms. The highest BCUT2D eigenvalue weighted by molar-refractivity contribution is 8.00. The van der Waals surface area contributed by atoms with Crippen LogP contribution in [0, 0.1) is 0 Å². The molecule has 0 aliphatic heterocycles. The fourth-order valence-corrected chi connectivity index (χ4v) is 3.35. The number of hydrogen-bond donors (Lipinski definition) is 1. The van der Waals surface area contributed by atoms with Gasteiger partial charge in [-0.1, -0.05) is 53.7 Å². The van der Waals surface area contributed by atoms with Crippen molar-refractivity contribution in [1.82, 2.24) is 14.9 Å². The highest BCUT2D eigenvalue weighted by atomic mass is 35.5. The SMILES string of the molecule is CC(Sc1nccn1-c1ccc(Cl)cc1)C(=O)NCc1ccccc1. The topological polar surface area (TPSA) is 46.9 Å². The maximum absolute atomic E-state index is 12.3. The van der Waals surface area contributed by atoms with E-state index >= 15 is 0 Å². The summed E-state index contributed by atoms with van der Waals surface area (Å²) in [5.74, 6) is -0.0143. The molecule has 3 rings (SSSR count). The minimum atomic E-state index is -0.253. The fourth-order valence-electron chi connectivity index (χ4n) is 2.32. The first-order chi connectivity index (χ1) is 12.1. The zero-order chi connectivity index (χ0) is 17.6. The van der Waals surface area contributed by atoms with E-state index in [1.807, 2.05) is 72.3 Å². The molecule has 128 valence electrons. The van der Waals surface area contributed by atoms with Gasteiger partial charge in [0.25, 0.3) is 0 Å². The number of nitrogens with one attached hydrogen (secondary N) is 1. The van der Waals surface area contributed by atoms with Crippen molar-refractivity contribution in [3.8, 4) is 5.69 Å². The van der Waals surface area contributed by atoms with E-state index in [9.17, 15) is 4.79 Å². The van der Waals surface area contributed by atoms with Crippen LogP contribution in [0.1, 0.15) is 12.5 Å². The van der Waals surface area contributed by atoms with Gasteiger partial charge in [0.1, 0.15) is 0 Å². The van der Waals surface area contributed by atoms with Crippen LogP contribution in [-0.2, 0) is 11.3 Å². The Hall–Kier alpha value is -2.24. The minimum absolute atomic E-state index is 0.0143. The lowest BCUT2D eigenvalue weighted by atomic mass is 10.2. The van der Waals surface area contributed by atoms with Gasteiger partial charge in [0.15, 0.2) is 5.16 Å². The number of benzene rings is 2. The Bertz CT molecular complexity index is 833. The van der Waals surface area contributed by atoms with Gasteiger partial charge in [-0.25, -0.2) is 4.98 Å². The number of carbonyl (C=O) groups is 1. The smallest absolute Gasteiger partial charge is 0.233 e. The van der Waals surface area contributed by atoms with E-state index in [0.29, 0.717) is 11.6 Å². The highest BCUT2D eigenvalue weighted by Gasteiger charge is 2.17. The summed E-state index contributed by atoms with van der Waals surface area (Å²) < 4.78 is 1.95. The van der Waals surface area contributed by atoms with Gasteiger partial charge >= 0.3 is 0 Å². The number of nitrogens with zero attached hydrogens (tertiary/aromatic N) is 2. The predicted octanol–water partition coefficient (Wildman–Crippen LogP) is 4.32. The highest BCUT2D eigenvalue weighted by Crippen LogP contribution is 2.25. The summed E-state index contributed by atoms with van der Waals surface area (Å²) in [6.07, 6.45) is 3.60. The zero-order valence-corrected chi connectivity index (χ0v) is 15.3. The number of hydrogen-bond acceptors (Lipinski definition) is 3. The first kappa shape index (κ1) is 17.6. The second-order valence-electron chi connectivity index (χ2n) is 5.52. The standard InChI is InChI=1S/C19H18ClN3OS/c1-14(18(24)22-13-15-5-3-2-4-6-15)25-19-21-11-12-23(19)17-9-7-16(20)8-10-17/h2-12,14H,13H2,1H3,(H,22,24). The van der Waals surface area contributed by atoms with Gasteiger partial charge in [-0.05, 0) is 36.8 Å². The minimum Gasteiger partial charge on any atom is -0.351 e. The molecular weight excluding hydrogens is 354 g/mol. The molecular formula is C19H18ClN3OS. The second-order valence-corrected chi connectivity index (χ2v) is 7.26. The summed E-state index contributed by atoms with van der Waals surface area (Å²) in [4.78, 5) is 16.7. The molecule has 1 amide bonds. The van der Waals surface area contributed by atoms with Gasteiger partial charge in [0.05, 0.1) is 5.25 Å². The largest absolute Gasteiger partial charge is 0.351 e.